The quantitative estimate of drug-likeness (QED) is 0.803. The second-order valence-electron chi connectivity index (χ2n) is 5.39. The predicted molar refractivity (Wildman–Crippen MR) is 90.7 cm³/mol. The van der Waals surface area contributed by atoms with E-state index in [2.05, 4.69) is 24.1 Å². The summed E-state index contributed by atoms with van der Waals surface area (Å²) in [4.78, 5) is 16.3. The van der Waals surface area contributed by atoms with Crippen LogP contribution < -0.4 is 5.32 Å². The molecule has 0 bridgehead atoms. The molecule has 2 aromatic rings. The van der Waals surface area contributed by atoms with Crippen LogP contribution in [-0.4, -0.2) is 22.7 Å². The van der Waals surface area contributed by atoms with Gasteiger partial charge in [-0.3, -0.25) is 4.79 Å². The maximum atomic E-state index is 12.9. The van der Waals surface area contributed by atoms with Gasteiger partial charge in [0, 0.05) is 17.0 Å². The summed E-state index contributed by atoms with van der Waals surface area (Å²) in [5.74, 6) is 0.529. The summed E-state index contributed by atoms with van der Waals surface area (Å²) in [7, 11) is 0. The van der Waals surface area contributed by atoms with Gasteiger partial charge in [0.25, 0.3) is 0 Å². The first-order valence-corrected chi connectivity index (χ1v) is 8.96. The number of benzene rings is 1. The third-order valence-corrected chi connectivity index (χ3v) is 5.36. The number of nitrogens with one attached hydrogen (secondary N) is 1. The number of carbonyl (C=O) groups excluding carboxylic acids is 1. The van der Waals surface area contributed by atoms with E-state index in [0.29, 0.717) is 11.7 Å². The summed E-state index contributed by atoms with van der Waals surface area (Å²) in [5, 5.41) is 4.89. The lowest BCUT2D eigenvalue weighted by molar-refractivity contribution is -0.119. The Morgan fingerprint density at radius 2 is 2.00 bits per heavy atom. The van der Waals surface area contributed by atoms with Crippen LogP contribution in [0.2, 0.25) is 0 Å². The van der Waals surface area contributed by atoms with Gasteiger partial charge in [-0.2, -0.15) is 0 Å². The highest BCUT2D eigenvalue weighted by molar-refractivity contribution is 8.01. The Morgan fingerprint density at radius 3 is 2.64 bits per heavy atom. The molecule has 0 saturated carbocycles. The van der Waals surface area contributed by atoms with E-state index in [4.69, 9.17) is 0 Å². The van der Waals surface area contributed by atoms with Crippen molar-refractivity contribution in [2.45, 2.75) is 31.2 Å². The lowest BCUT2D eigenvalue weighted by atomic mass is 10.1. The summed E-state index contributed by atoms with van der Waals surface area (Å²) in [6.07, 6.45) is 0. The molecule has 1 N–H and O–H groups in total. The molecule has 1 atom stereocenters. The van der Waals surface area contributed by atoms with Gasteiger partial charge >= 0.3 is 0 Å². The van der Waals surface area contributed by atoms with Gasteiger partial charge in [0.1, 0.15) is 5.82 Å². The molecule has 3 nitrogen and oxygen atoms in total. The molecule has 6 heteroatoms. The molecule has 0 saturated heterocycles. The molecule has 118 valence electrons. The number of halogens is 1. The van der Waals surface area contributed by atoms with E-state index in [0.717, 1.165) is 15.6 Å². The fraction of sp³-hybridized carbons (Fsp3) is 0.375. The lowest BCUT2D eigenvalue weighted by Gasteiger charge is -2.16. The van der Waals surface area contributed by atoms with E-state index in [1.165, 1.54) is 35.2 Å². The first-order chi connectivity index (χ1) is 10.5. The lowest BCUT2D eigenvalue weighted by Crippen LogP contribution is -2.37. The third kappa shape index (κ3) is 4.81. The standard InChI is InChI=1S/C16H19FN2OS2/c1-10(2)11(3)18-15(20)9-22-16-19-14(8-21-16)12-4-6-13(17)7-5-12/h4-8,10-11H,9H2,1-3H3,(H,18,20). The second-order valence-corrected chi connectivity index (χ2v) is 7.47. The van der Waals surface area contributed by atoms with E-state index in [1.807, 2.05) is 12.3 Å². The molecule has 1 aromatic carbocycles. The van der Waals surface area contributed by atoms with Crippen molar-refractivity contribution in [3.05, 3.63) is 35.5 Å². The van der Waals surface area contributed by atoms with Gasteiger partial charge in [-0.05, 0) is 37.1 Å². The highest BCUT2D eigenvalue weighted by Crippen LogP contribution is 2.28. The number of amides is 1. The minimum atomic E-state index is -0.260. The summed E-state index contributed by atoms with van der Waals surface area (Å²) in [6.45, 7) is 6.16. The Labute approximate surface area is 138 Å². The highest BCUT2D eigenvalue weighted by atomic mass is 32.2. The molecule has 1 amide bonds. The van der Waals surface area contributed by atoms with Crippen molar-refractivity contribution in [2.75, 3.05) is 5.75 Å². The van der Waals surface area contributed by atoms with Crippen LogP contribution >= 0.6 is 23.1 Å². The molecule has 0 fully saturated rings. The molecular formula is C16H19FN2OS2. The fourth-order valence-electron chi connectivity index (χ4n) is 1.67. The van der Waals surface area contributed by atoms with Crippen molar-refractivity contribution in [3.8, 4) is 11.3 Å². The number of hydrogen-bond donors (Lipinski definition) is 1. The van der Waals surface area contributed by atoms with Crippen LogP contribution in [0.4, 0.5) is 4.39 Å². The number of aromatic nitrogens is 1. The van der Waals surface area contributed by atoms with Crippen LogP contribution in [0.15, 0.2) is 34.0 Å². The number of nitrogens with zero attached hydrogens (tertiary/aromatic N) is 1. The second kappa shape index (κ2) is 7.74. The first kappa shape index (κ1) is 17.0. The van der Waals surface area contributed by atoms with Crippen molar-refractivity contribution >= 4 is 29.0 Å². The largest absolute Gasteiger partial charge is 0.353 e. The fourth-order valence-corrected chi connectivity index (χ4v) is 3.31. The minimum Gasteiger partial charge on any atom is -0.353 e. The Morgan fingerprint density at radius 1 is 1.32 bits per heavy atom. The van der Waals surface area contributed by atoms with Crippen molar-refractivity contribution in [3.63, 3.8) is 0 Å². The van der Waals surface area contributed by atoms with Crippen LogP contribution in [0.1, 0.15) is 20.8 Å². The van der Waals surface area contributed by atoms with E-state index >= 15 is 0 Å². The molecule has 1 unspecified atom stereocenters. The summed E-state index contributed by atoms with van der Waals surface area (Å²) in [5.41, 5.74) is 1.69. The van der Waals surface area contributed by atoms with Crippen molar-refractivity contribution in [2.24, 2.45) is 5.92 Å². The van der Waals surface area contributed by atoms with E-state index < -0.39 is 0 Å². The molecular weight excluding hydrogens is 319 g/mol. The Hall–Kier alpha value is -1.40. The van der Waals surface area contributed by atoms with Gasteiger partial charge < -0.3 is 5.32 Å². The van der Waals surface area contributed by atoms with Crippen LogP contribution in [0.3, 0.4) is 0 Å². The molecule has 0 spiro atoms. The topological polar surface area (TPSA) is 42.0 Å². The van der Waals surface area contributed by atoms with Gasteiger partial charge in [-0.1, -0.05) is 25.6 Å². The molecule has 0 aliphatic rings. The van der Waals surface area contributed by atoms with Crippen LogP contribution in [0.5, 0.6) is 0 Å². The van der Waals surface area contributed by atoms with Gasteiger partial charge in [0.2, 0.25) is 5.91 Å². The zero-order valence-corrected chi connectivity index (χ0v) is 14.4. The van der Waals surface area contributed by atoms with E-state index in [-0.39, 0.29) is 17.8 Å². The Kier molecular flexibility index (Phi) is 5.97. The normalized spacial score (nSPS) is 12.4. The first-order valence-electron chi connectivity index (χ1n) is 7.09. The van der Waals surface area contributed by atoms with Gasteiger partial charge in [-0.15, -0.1) is 11.3 Å². The predicted octanol–water partition coefficient (Wildman–Crippen LogP) is 4.20. The number of thiazole rings is 1. The number of thioether (sulfide) groups is 1. The molecule has 0 radical (unpaired) electrons. The van der Waals surface area contributed by atoms with Crippen molar-refractivity contribution in [1.82, 2.24) is 10.3 Å². The molecule has 2 rings (SSSR count). The molecule has 0 aliphatic heterocycles. The number of hydrogen-bond acceptors (Lipinski definition) is 4. The SMILES string of the molecule is CC(C)C(C)NC(=O)CSc1nc(-c2ccc(F)cc2)cs1. The average Bonchev–Trinajstić information content (AvgIpc) is 2.94. The maximum Gasteiger partial charge on any atom is 0.230 e. The van der Waals surface area contributed by atoms with Gasteiger partial charge in [0.05, 0.1) is 11.4 Å². The molecule has 1 heterocycles. The summed E-state index contributed by atoms with van der Waals surface area (Å²) in [6, 6.07) is 6.41. The third-order valence-electron chi connectivity index (χ3n) is 3.34. The van der Waals surface area contributed by atoms with Crippen LogP contribution in [0.25, 0.3) is 11.3 Å². The van der Waals surface area contributed by atoms with Crippen molar-refractivity contribution < 1.29 is 9.18 Å². The van der Waals surface area contributed by atoms with Crippen molar-refractivity contribution in [1.29, 1.82) is 0 Å². The zero-order chi connectivity index (χ0) is 16.1. The smallest absolute Gasteiger partial charge is 0.230 e. The highest BCUT2D eigenvalue weighted by Gasteiger charge is 2.12. The Balaban J connectivity index is 1.90. The van der Waals surface area contributed by atoms with Crippen LogP contribution in [-0.2, 0) is 4.79 Å². The summed E-state index contributed by atoms with van der Waals surface area (Å²) >= 11 is 2.92. The minimum absolute atomic E-state index is 0.0183. The number of rotatable bonds is 6. The number of carbonyl (C=O) groups is 1. The van der Waals surface area contributed by atoms with Gasteiger partial charge in [0.15, 0.2) is 4.34 Å². The zero-order valence-electron chi connectivity index (χ0n) is 12.8. The monoisotopic (exact) mass is 338 g/mol. The molecule has 22 heavy (non-hydrogen) atoms. The average molecular weight is 338 g/mol. The molecule has 1 aromatic heterocycles. The van der Waals surface area contributed by atoms with Gasteiger partial charge in [-0.25, -0.2) is 9.37 Å². The van der Waals surface area contributed by atoms with Crippen LogP contribution in [0, 0.1) is 11.7 Å². The Bertz CT molecular complexity index is 625. The summed E-state index contributed by atoms with van der Waals surface area (Å²) < 4.78 is 13.8. The maximum absolute atomic E-state index is 12.9. The molecule has 0 aliphatic carbocycles. The van der Waals surface area contributed by atoms with E-state index in [1.54, 1.807) is 12.1 Å². The van der Waals surface area contributed by atoms with E-state index in [9.17, 15) is 9.18 Å².